The zero-order valence-electron chi connectivity index (χ0n) is 13.2. The predicted molar refractivity (Wildman–Crippen MR) is 89.0 cm³/mol. The van der Waals surface area contributed by atoms with E-state index in [0.29, 0.717) is 17.0 Å². The van der Waals surface area contributed by atoms with E-state index < -0.39 is 0 Å². The highest BCUT2D eigenvalue weighted by Crippen LogP contribution is 2.20. The number of amides is 1. The Morgan fingerprint density at radius 1 is 1.13 bits per heavy atom. The lowest BCUT2D eigenvalue weighted by molar-refractivity contribution is 0.102. The van der Waals surface area contributed by atoms with Crippen molar-refractivity contribution in [3.05, 3.63) is 42.2 Å². The molecule has 0 unspecified atom stereocenters. The number of piperidine rings is 1. The molecule has 2 heterocycles. The van der Waals surface area contributed by atoms with Crippen LogP contribution in [0.4, 0.5) is 11.6 Å². The van der Waals surface area contributed by atoms with Crippen molar-refractivity contribution in [2.24, 2.45) is 0 Å². The molecule has 0 bridgehead atoms. The molecule has 6 heteroatoms. The van der Waals surface area contributed by atoms with Crippen LogP contribution in [0.5, 0.6) is 5.75 Å². The third kappa shape index (κ3) is 3.59. The van der Waals surface area contributed by atoms with Crippen molar-refractivity contribution in [2.45, 2.75) is 19.3 Å². The molecule has 6 nitrogen and oxygen atoms in total. The number of nitrogens with zero attached hydrogens (tertiary/aromatic N) is 3. The first kappa shape index (κ1) is 15.3. The summed E-state index contributed by atoms with van der Waals surface area (Å²) in [6, 6.07) is 7.10. The lowest BCUT2D eigenvalue weighted by Crippen LogP contribution is -2.30. The third-order valence-electron chi connectivity index (χ3n) is 3.89. The van der Waals surface area contributed by atoms with Gasteiger partial charge in [-0.3, -0.25) is 4.79 Å². The standard InChI is InChI=1S/C17H20N4O2/c1-23-15-8-4-3-7-14(15)16(22)20-13-11-18-17(19-12-13)21-9-5-2-6-10-21/h3-4,7-8,11-12H,2,5-6,9-10H2,1H3,(H,20,22). The third-order valence-corrected chi connectivity index (χ3v) is 3.89. The van der Waals surface area contributed by atoms with E-state index in [0.717, 1.165) is 19.0 Å². The Morgan fingerprint density at radius 2 is 1.83 bits per heavy atom. The van der Waals surface area contributed by atoms with E-state index in [2.05, 4.69) is 20.2 Å². The second-order valence-corrected chi connectivity index (χ2v) is 5.47. The van der Waals surface area contributed by atoms with Crippen molar-refractivity contribution in [1.29, 1.82) is 0 Å². The minimum Gasteiger partial charge on any atom is -0.496 e. The molecule has 0 aliphatic carbocycles. The van der Waals surface area contributed by atoms with E-state index in [4.69, 9.17) is 4.74 Å². The maximum atomic E-state index is 12.3. The van der Waals surface area contributed by atoms with E-state index in [1.165, 1.54) is 19.3 Å². The van der Waals surface area contributed by atoms with Gasteiger partial charge in [-0.1, -0.05) is 12.1 Å². The molecule has 0 spiro atoms. The number of anilines is 2. The molecule has 0 atom stereocenters. The van der Waals surface area contributed by atoms with Crippen LogP contribution in [0, 0.1) is 0 Å². The Morgan fingerprint density at radius 3 is 2.52 bits per heavy atom. The minimum absolute atomic E-state index is 0.239. The summed E-state index contributed by atoms with van der Waals surface area (Å²) in [7, 11) is 1.54. The fourth-order valence-corrected chi connectivity index (χ4v) is 2.67. The van der Waals surface area contributed by atoms with Crippen molar-refractivity contribution in [1.82, 2.24) is 9.97 Å². The second kappa shape index (κ2) is 7.09. The molecule has 1 aliphatic heterocycles. The average molecular weight is 312 g/mol. The number of ether oxygens (including phenoxy) is 1. The molecular formula is C17H20N4O2. The van der Waals surface area contributed by atoms with Crippen LogP contribution in [0.1, 0.15) is 29.6 Å². The molecule has 1 aliphatic rings. The first-order chi connectivity index (χ1) is 11.3. The zero-order chi connectivity index (χ0) is 16.1. The molecule has 2 aromatic rings. The minimum atomic E-state index is -0.239. The fraction of sp³-hybridized carbons (Fsp3) is 0.353. The van der Waals surface area contributed by atoms with Gasteiger partial charge in [0.25, 0.3) is 5.91 Å². The van der Waals surface area contributed by atoms with Crippen LogP contribution in [-0.4, -0.2) is 36.1 Å². The molecule has 1 amide bonds. The largest absolute Gasteiger partial charge is 0.496 e. The molecule has 0 radical (unpaired) electrons. The van der Waals surface area contributed by atoms with Gasteiger partial charge in [-0.15, -0.1) is 0 Å². The van der Waals surface area contributed by atoms with Gasteiger partial charge in [-0.05, 0) is 31.4 Å². The van der Waals surface area contributed by atoms with Crippen LogP contribution in [0.25, 0.3) is 0 Å². The van der Waals surface area contributed by atoms with Crippen molar-refractivity contribution in [2.75, 3.05) is 30.4 Å². The van der Waals surface area contributed by atoms with E-state index in [9.17, 15) is 4.79 Å². The summed E-state index contributed by atoms with van der Waals surface area (Å²) in [5.41, 5.74) is 1.05. The molecule has 120 valence electrons. The summed E-state index contributed by atoms with van der Waals surface area (Å²) in [4.78, 5) is 23.2. The number of hydrogen-bond acceptors (Lipinski definition) is 5. The normalized spacial score (nSPS) is 14.4. The summed E-state index contributed by atoms with van der Waals surface area (Å²) in [6.45, 7) is 1.99. The second-order valence-electron chi connectivity index (χ2n) is 5.47. The Bertz CT molecular complexity index is 667. The van der Waals surface area contributed by atoms with Gasteiger partial charge in [0.05, 0.1) is 30.8 Å². The van der Waals surface area contributed by atoms with Gasteiger partial charge in [0, 0.05) is 13.1 Å². The van der Waals surface area contributed by atoms with Crippen molar-refractivity contribution >= 4 is 17.5 Å². The summed E-state index contributed by atoms with van der Waals surface area (Å²) in [5.74, 6) is 1.02. The van der Waals surface area contributed by atoms with E-state index in [1.807, 2.05) is 6.07 Å². The highest BCUT2D eigenvalue weighted by molar-refractivity contribution is 6.06. The van der Waals surface area contributed by atoms with Crippen LogP contribution in [0.3, 0.4) is 0 Å². The SMILES string of the molecule is COc1ccccc1C(=O)Nc1cnc(N2CCCCC2)nc1. The fourth-order valence-electron chi connectivity index (χ4n) is 2.67. The van der Waals surface area contributed by atoms with E-state index in [1.54, 1.807) is 37.7 Å². The zero-order valence-corrected chi connectivity index (χ0v) is 13.2. The molecule has 1 aromatic heterocycles. The Hall–Kier alpha value is -2.63. The number of rotatable bonds is 4. The Kier molecular flexibility index (Phi) is 4.71. The van der Waals surface area contributed by atoms with Gasteiger partial charge in [-0.25, -0.2) is 9.97 Å². The van der Waals surface area contributed by atoms with Gasteiger partial charge >= 0.3 is 0 Å². The summed E-state index contributed by atoms with van der Waals surface area (Å²) < 4.78 is 5.20. The van der Waals surface area contributed by atoms with Crippen LogP contribution in [0.2, 0.25) is 0 Å². The molecule has 1 saturated heterocycles. The van der Waals surface area contributed by atoms with Crippen molar-refractivity contribution in [3.8, 4) is 5.75 Å². The molecule has 1 aromatic carbocycles. The average Bonchev–Trinajstić information content (AvgIpc) is 2.63. The number of methoxy groups -OCH3 is 1. The van der Waals surface area contributed by atoms with Gasteiger partial charge in [0.1, 0.15) is 5.75 Å². The van der Waals surface area contributed by atoms with Gasteiger partial charge in [0.2, 0.25) is 5.95 Å². The summed E-state index contributed by atoms with van der Waals surface area (Å²) in [5, 5.41) is 2.80. The lowest BCUT2D eigenvalue weighted by atomic mass is 10.1. The van der Waals surface area contributed by atoms with Crippen LogP contribution in [0.15, 0.2) is 36.7 Å². The quantitative estimate of drug-likeness (QED) is 0.940. The number of para-hydroxylation sites is 1. The number of nitrogens with one attached hydrogen (secondary N) is 1. The highest BCUT2D eigenvalue weighted by atomic mass is 16.5. The topological polar surface area (TPSA) is 67.3 Å². The van der Waals surface area contributed by atoms with E-state index in [-0.39, 0.29) is 5.91 Å². The smallest absolute Gasteiger partial charge is 0.259 e. The molecule has 3 rings (SSSR count). The van der Waals surface area contributed by atoms with Crippen molar-refractivity contribution < 1.29 is 9.53 Å². The summed E-state index contributed by atoms with van der Waals surface area (Å²) >= 11 is 0. The van der Waals surface area contributed by atoms with Crippen LogP contribution in [-0.2, 0) is 0 Å². The Labute approximate surface area is 135 Å². The number of carbonyl (C=O) groups is 1. The van der Waals surface area contributed by atoms with Gasteiger partial charge < -0.3 is 15.0 Å². The molecular weight excluding hydrogens is 292 g/mol. The van der Waals surface area contributed by atoms with E-state index >= 15 is 0 Å². The maximum Gasteiger partial charge on any atom is 0.259 e. The monoisotopic (exact) mass is 312 g/mol. The molecule has 0 saturated carbocycles. The van der Waals surface area contributed by atoms with Gasteiger partial charge in [-0.2, -0.15) is 0 Å². The first-order valence-corrected chi connectivity index (χ1v) is 7.79. The van der Waals surface area contributed by atoms with Gasteiger partial charge in [0.15, 0.2) is 0 Å². The predicted octanol–water partition coefficient (Wildman–Crippen LogP) is 2.73. The molecule has 1 N–H and O–H groups in total. The number of aromatic nitrogens is 2. The number of carbonyl (C=O) groups excluding carboxylic acids is 1. The highest BCUT2D eigenvalue weighted by Gasteiger charge is 2.15. The van der Waals surface area contributed by atoms with Crippen molar-refractivity contribution in [3.63, 3.8) is 0 Å². The lowest BCUT2D eigenvalue weighted by Gasteiger charge is -2.26. The Balaban J connectivity index is 1.69. The molecule has 1 fully saturated rings. The summed E-state index contributed by atoms with van der Waals surface area (Å²) in [6.07, 6.45) is 6.91. The molecule has 23 heavy (non-hydrogen) atoms. The van der Waals surface area contributed by atoms with Crippen LogP contribution >= 0.6 is 0 Å². The number of benzene rings is 1. The number of hydrogen-bond donors (Lipinski definition) is 1. The maximum absolute atomic E-state index is 12.3. The first-order valence-electron chi connectivity index (χ1n) is 7.79. The van der Waals surface area contributed by atoms with Crippen LogP contribution < -0.4 is 15.0 Å².